The number of hydrogen-bond donors (Lipinski definition) is 1. The standard InChI is InChI=1S/C23H28F4N4O4S/c1-36(32,33)14-22(6-8-34-9-7-22)13-28-20-19(24)21(30-15-29-20)31(18-11-35-12-18)10-16-2-4-17(5-3-16)23(25,26)27/h2-5,15,18H,6-14H2,1H3,(H,28,29,30). The molecule has 0 saturated carbocycles. The summed E-state index contributed by atoms with van der Waals surface area (Å²) >= 11 is 0. The van der Waals surface area contributed by atoms with E-state index in [1.54, 1.807) is 4.90 Å². The summed E-state index contributed by atoms with van der Waals surface area (Å²) in [5, 5.41) is 2.98. The Morgan fingerprint density at radius 2 is 1.78 bits per heavy atom. The highest BCUT2D eigenvalue weighted by Gasteiger charge is 2.37. The summed E-state index contributed by atoms with van der Waals surface area (Å²) in [5.41, 5.74) is -0.831. The predicted molar refractivity (Wildman–Crippen MR) is 125 cm³/mol. The van der Waals surface area contributed by atoms with E-state index >= 15 is 4.39 Å². The number of nitrogens with one attached hydrogen (secondary N) is 1. The number of benzene rings is 1. The molecule has 2 saturated heterocycles. The van der Waals surface area contributed by atoms with Crippen molar-refractivity contribution in [3.63, 3.8) is 0 Å². The van der Waals surface area contributed by atoms with Crippen LogP contribution in [0.3, 0.4) is 0 Å². The van der Waals surface area contributed by atoms with E-state index in [0.717, 1.165) is 12.1 Å². The van der Waals surface area contributed by atoms with Crippen LogP contribution >= 0.6 is 0 Å². The van der Waals surface area contributed by atoms with E-state index in [-0.39, 0.29) is 36.5 Å². The zero-order valence-electron chi connectivity index (χ0n) is 19.7. The minimum absolute atomic E-state index is 0.00941. The second-order valence-corrected chi connectivity index (χ2v) is 11.5. The monoisotopic (exact) mass is 532 g/mol. The van der Waals surface area contributed by atoms with Gasteiger partial charge in [0.2, 0.25) is 5.82 Å². The lowest BCUT2D eigenvalue weighted by molar-refractivity contribution is -0.137. The van der Waals surface area contributed by atoms with E-state index < -0.39 is 32.8 Å². The van der Waals surface area contributed by atoms with Crippen molar-refractivity contribution in [3.8, 4) is 0 Å². The Bertz CT molecular complexity index is 1150. The molecule has 0 amide bonds. The highest BCUT2D eigenvalue weighted by atomic mass is 32.2. The lowest BCUT2D eigenvalue weighted by atomic mass is 9.82. The first-order valence-corrected chi connectivity index (χ1v) is 13.5. The van der Waals surface area contributed by atoms with Crippen molar-refractivity contribution >= 4 is 21.5 Å². The molecule has 2 aliphatic rings. The highest BCUT2D eigenvalue weighted by molar-refractivity contribution is 7.90. The highest BCUT2D eigenvalue weighted by Crippen LogP contribution is 2.34. The van der Waals surface area contributed by atoms with Crippen molar-refractivity contribution in [2.75, 3.05) is 55.2 Å². The molecule has 13 heteroatoms. The topological polar surface area (TPSA) is 93.7 Å². The molecule has 1 aromatic heterocycles. The second kappa shape index (κ2) is 10.5. The summed E-state index contributed by atoms with van der Waals surface area (Å²) in [6.45, 7) is 1.78. The molecule has 36 heavy (non-hydrogen) atoms. The summed E-state index contributed by atoms with van der Waals surface area (Å²) in [6.07, 6.45) is -1.06. The van der Waals surface area contributed by atoms with Gasteiger partial charge in [0.05, 0.1) is 30.6 Å². The molecule has 1 aromatic carbocycles. The summed E-state index contributed by atoms with van der Waals surface area (Å²) in [6, 6.07) is 4.48. The lowest BCUT2D eigenvalue weighted by Gasteiger charge is -2.39. The van der Waals surface area contributed by atoms with Crippen molar-refractivity contribution < 1.29 is 35.5 Å². The van der Waals surface area contributed by atoms with Gasteiger partial charge in [-0.3, -0.25) is 0 Å². The average molecular weight is 533 g/mol. The van der Waals surface area contributed by atoms with E-state index in [4.69, 9.17) is 9.47 Å². The number of sulfone groups is 1. The third-order valence-corrected chi connectivity index (χ3v) is 7.63. The van der Waals surface area contributed by atoms with Crippen molar-refractivity contribution in [3.05, 3.63) is 47.5 Å². The fraction of sp³-hybridized carbons (Fsp3) is 0.565. The minimum atomic E-state index is -4.45. The quantitative estimate of drug-likeness (QED) is 0.492. The van der Waals surface area contributed by atoms with Gasteiger partial charge in [0.25, 0.3) is 0 Å². The molecule has 2 aliphatic heterocycles. The van der Waals surface area contributed by atoms with Crippen LogP contribution in [-0.4, -0.2) is 69.4 Å². The zero-order valence-corrected chi connectivity index (χ0v) is 20.5. The second-order valence-electron chi connectivity index (χ2n) is 9.41. The van der Waals surface area contributed by atoms with Crippen molar-refractivity contribution in [2.45, 2.75) is 31.6 Å². The van der Waals surface area contributed by atoms with Gasteiger partial charge in [-0.1, -0.05) is 12.1 Å². The number of alkyl halides is 3. The molecular formula is C23H28F4N4O4S. The third kappa shape index (κ3) is 6.43. The zero-order chi connectivity index (χ0) is 26.0. The molecule has 2 fully saturated rings. The molecule has 198 valence electrons. The summed E-state index contributed by atoms with van der Waals surface area (Å²) < 4.78 is 89.1. The van der Waals surface area contributed by atoms with E-state index in [1.807, 2.05) is 0 Å². The van der Waals surface area contributed by atoms with Gasteiger partial charge in [0, 0.05) is 38.0 Å². The maximum Gasteiger partial charge on any atom is 0.416 e. The van der Waals surface area contributed by atoms with Crippen LogP contribution in [-0.2, 0) is 32.0 Å². The third-order valence-electron chi connectivity index (χ3n) is 6.49. The Hall–Kier alpha value is -2.51. The molecule has 2 aromatic rings. The van der Waals surface area contributed by atoms with Gasteiger partial charge >= 0.3 is 6.18 Å². The molecule has 0 aliphatic carbocycles. The molecule has 4 rings (SSSR count). The van der Waals surface area contributed by atoms with Gasteiger partial charge < -0.3 is 19.7 Å². The molecule has 0 bridgehead atoms. The fourth-order valence-corrected chi connectivity index (χ4v) is 5.97. The van der Waals surface area contributed by atoms with Crippen molar-refractivity contribution in [2.24, 2.45) is 5.41 Å². The normalized spacial score (nSPS) is 18.5. The Labute approximate surface area is 206 Å². The molecular weight excluding hydrogens is 504 g/mol. The number of aromatic nitrogens is 2. The summed E-state index contributed by atoms with van der Waals surface area (Å²) in [4.78, 5) is 9.78. The molecule has 8 nitrogen and oxygen atoms in total. The van der Waals surface area contributed by atoms with Gasteiger partial charge in [-0.05, 0) is 30.5 Å². The van der Waals surface area contributed by atoms with Crippen LogP contribution in [0.2, 0.25) is 0 Å². The fourth-order valence-electron chi connectivity index (χ4n) is 4.46. The van der Waals surface area contributed by atoms with Gasteiger partial charge in [-0.25, -0.2) is 18.4 Å². The van der Waals surface area contributed by atoms with Crippen LogP contribution < -0.4 is 10.2 Å². The number of rotatable bonds is 9. The van der Waals surface area contributed by atoms with Crippen LogP contribution in [0.15, 0.2) is 30.6 Å². The largest absolute Gasteiger partial charge is 0.416 e. The Morgan fingerprint density at radius 3 is 2.33 bits per heavy atom. The van der Waals surface area contributed by atoms with Crippen LogP contribution in [0.4, 0.5) is 29.2 Å². The van der Waals surface area contributed by atoms with E-state index in [0.29, 0.717) is 44.8 Å². The van der Waals surface area contributed by atoms with Crippen LogP contribution in [0.25, 0.3) is 0 Å². The van der Waals surface area contributed by atoms with E-state index in [1.165, 1.54) is 24.7 Å². The molecule has 3 heterocycles. The Morgan fingerprint density at radius 1 is 1.11 bits per heavy atom. The van der Waals surface area contributed by atoms with Gasteiger partial charge in [0.15, 0.2) is 11.6 Å². The number of ether oxygens (including phenoxy) is 2. The van der Waals surface area contributed by atoms with Gasteiger partial charge in [-0.2, -0.15) is 17.6 Å². The SMILES string of the molecule is CS(=O)(=O)CC1(CNc2ncnc(N(Cc3ccc(C(F)(F)F)cc3)C3COC3)c2F)CCOCC1. The first kappa shape index (κ1) is 26.6. The number of anilines is 2. The van der Waals surface area contributed by atoms with Crippen molar-refractivity contribution in [1.82, 2.24) is 9.97 Å². The van der Waals surface area contributed by atoms with Crippen LogP contribution in [0.5, 0.6) is 0 Å². The predicted octanol–water partition coefficient (Wildman–Crippen LogP) is 3.29. The minimum Gasteiger partial charge on any atom is -0.381 e. The van der Waals surface area contributed by atoms with Crippen LogP contribution in [0.1, 0.15) is 24.0 Å². The maximum absolute atomic E-state index is 15.6. The summed E-state index contributed by atoms with van der Waals surface area (Å²) in [5.74, 6) is -0.866. The van der Waals surface area contributed by atoms with E-state index in [2.05, 4.69) is 15.3 Å². The van der Waals surface area contributed by atoms with E-state index in [9.17, 15) is 21.6 Å². The molecule has 0 radical (unpaired) electrons. The molecule has 0 atom stereocenters. The number of hydrogen-bond acceptors (Lipinski definition) is 8. The summed E-state index contributed by atoms with van der Waals surface area (Å²) in [7, 11) is -3.29. The van der Waals surface area contributed by atoms with Crippen molar-refractivity contribution in [1.29, 1.82) is 0 Å². The molecule has 0 spiro atoms. The Kier molecular flexibility index (Phi) is 7.72. The van der Waals surface area contributed by atoms with Gasteiger partial charge in [0.1, 0.15) is 16.2 Å². The van der Waals surface area contributed by atoms with Crippen LogP contribution in [0, 0.1) is 11.2 Å². The molecule has 1 N–H and O–H groups in total. The number of halogens is 4. The number of nitrogens with zero attached hydrogens (tertiary/aromatic N) is 3. The average Bonchev–Trinajstić information content (AvgIpc) is 2.76. The Balaban J connectivity index is 1.55. The first-order valence-electron chi connectivity index (χ1n) is 11.5. The lowest BCUT2D eigenvalue weighted by Crippen LogP contribution is -2.49. The first-order chi connectivity index (χ1) is 17.0. The molecule has 0 unspecified atom stereocenters. The van der Waals surface area contributed by atoms with Gasteiger partial charge in [-0.15, -0.1) is 0 Å². The maximum atomic E-state index is 15.6. The smallest absolute Gasteiger partial charge is 0.381 e.